The van der Waals surface area contributed by atoms with Gasteiger partial charge in [-0.05, 0) is 37.0 Å². The second kappa shape index (κ2) is 3.76. The molecule has 2 rings (SSSR count). The predicted molar refractivity (Wildman–Crippen MR) is 52.7 cm³/mol. The van der Waals surface area contributed by atoms with E-state index in [0.717, 1.165) is 18.7 Å². The highest BCUT2D eigenvalue weighted by Crippen LogP contribution is 2.32. The van der Waals surface area contributed by atoms with Gasteiger partial charge in [0.05, 0.1) is 5.56 Å². The van der Waals surface area contributed by atoms with Crippen LogP contribution in [0.1, 0.15) is 18.4 Å². The largest absolute Gasteiger partial charge is 0.416 e. The van der Waals surface area contributed by atoms with Gasteiger partial charge in [-0.15, -0.1) is 0 Å². The molecule has 0 unspecified atom stereocenters. The fourth-order valence-electron chi connectivity index (χ4n) is 1.39. The average Bonchev–Trinajstić information content (AvgIpc) is 2.97. The Balaban J connectivity index is 2.04. The van der Waals surface area contributed by atoms with Crippen LogP contribution in [0.25, 0.3) is 0 Å². The number of alkyl halides is 3. The van der Waals surface area contributed by atoms with Gasteiger partial charge in [-0.1, -0.05) is 6.07 Å². The van der Waals surface area contributed by atoms with Gasteiger partial charge in [0, 0.05) is 12.2 Å². The van der Waals surface area contributed by atoms with Crippen LogP contribution in [0.4, 0.5) is 18.9 Å². The van der Waals surface area contributed by atoms with Gasteiger partial charge >= 0.3 is 6.18 Å². The molecule has 1 fully saturated rings. The van der Waals surface area contributed by atoms with Crippen LogP contribution in [0.5, 0.6) is 0 Å². The van der Waals surface area contributed by atoms with Gasteiger partial charge in [0.25, 0.3) is 0 Å². The van der Waals surface area contributed by atoms with Crippen molar-refractivity contribution in [3.8, 4) is 0 Å². The van der Waals surface area contributed by atoms with Gasteiger partial charge in [0.1, 0.15) is 0 Å². The molecule has 0 atom stereocenters. The Labute approximate surface area is 86.3 Å². The van der Waals surface area contributed by atoms with E-state index in [1.165, 1.54) is 18.9 Å². The standard InChI is InChI=1S/C11H12F3N/c12-11(13,14)9-2-1-3-10(6-9)15-7-8-4-5-8/h1-3,6,8,15H,4-5,7H2. The highest BCUT2D eigenvalue weighted by molar-refractivity contribution is 5.46. The van der Waals surface area contributed by atoms with E-state index in [2.05, 4.69) is 5.32 Å². The third-order valence-corrected chi connectivity index (χ3v) is 2.48. The van der Waals surface area contributed by atoms with E-state index in [-0.39, 0.29) is 0 Å². The molecule has 0 radical (unpaired) electrons. The summed E-state index contributed by atoms with van der Waals surface area (Å²) in [6.45, 7) is 0.779. The summed E-state index contributed by atoms with van der Waals surface area (Å²) < 4.78 is 37.1. The maximum atomic E-state index is 12.4. The molecular weight excluding hydrogens is 203 g/mol. The number of halogens is 3. The van der Waals surface area contributed by atoms with Crippen LogP contribution >= 0.6 is 0 Å². The minimum Gasteiger partial charge on any atom is -0.385 e. The van der Waals surface area contributed by atoms with Gasteiger partial charge < -0.3 is 5.32 Å². The molecule has 1 aliphatic rings. The second-order valence-electron chi connectivity index (χ2n) is 3.90. The first-order chi connectivity index (χ1) is 7.05. The van der Waals surface area contributed by atoms with Crippen LogP contribution in [-0.4, -0.2) is 6.54 Å². The molecule has 1 nitrogen and oxygen atoms in total. The zero-order chi connectivity index (χ0) is 10.9. The van der Waals surface area contributed by atoms with Crippen LogP contribution in [0.3, 0.4) is 0 Å². The summed E-state index contributed by atoms with van der Waals surface area (Å²) in [5.74, 6) is 0.652. The van der Waals surface area contributed by atoms with Crippen molar-refractivity contribution in [1.82, 2.24) is 0 Å². The molecule has 1 aromatic rings. The molecule has 15 heavy (non-hydrogen) atoms. The van der Waals surface area contributed by atoms with Crippen LogP contribution in [0.15, 0.2) is 24.3 Å². The summed E-state index contributed by atoms with van der Waals surface area (Å²) in [4.78, 5) is 0. The molecule has 1 aromatic carbocycles. The van der Waals surface area contributed by atoms with Crippen molar-refractivity contribution in [2.24, 2.45) is 5.92 Å². The Bertz CT molecular complexity index is 342. The summed E-state index contributed by atoms with van der Waals surface area (Å²) in [6, 6.07) is 5.33. The van der Waals surface area contributed by atoms with Crippen molar-refractivity contribution in [1.29, 1.82) is 0 Å². The fraction of sp³-hybridized carbons (Fsp3) is 0.455. The molecule has 0 aliphatic heterocycles. The molecule has 0 aromatic heterocycles. The Morgan fingerprint density at radius 1 is 1.27 bits per heavy atom. The summed E-state index contributed by atoms with van der Waals surface area (Å²) in [5.41, 5.74) is -0.0416. The number of benzene rings is 1. The zero-order valence-electron chi connectivity index (χ0n) is 8.14. The van der Waals surface area contributed by atoms with Crippen LogP contribution < -0.4 is 5.32 Å². The van der Waals surface area contributed by atoms with Gasteiger partial charge in [0.2, 0.25) is 0 Å². The van der Waals surface area contributed by atoms with Crippen molar-refractivity contribution in [3.63, 3.8) is 0 Å². The highest BCUT2D eigenvalue weighted by atomic mass is 19.4. The predicted octanol–water partition coefficient (Wildman–Crippen LogP) is 3.53. The monoisotopic (exact) mass is 215 g/mol. The van der Waals surface area contributed by atoms with E-state index >= 15 is 0 Å². The smallest absolute Gasteiger partial charge is 0.385 e. The molecule has 82 valence electrons. The lowest BCUT2D eigenvalue weighted by atomic mass is 10.2. The molecule has 0 heterocycles. The third kappa shape index (κ3) is 2.88. The van der Waals surface area contributed by atoms with E-state index in [4.69, 9.17) is 0 Å². The van der Waals surface area contributed by atoms with Crippen molar-refractivity contribution in [3.05, 3.63) is 29.8 Å². The first-order valence-corrected chi connectivity index (χ1v) is 4.97. The minimum absolute atomic E-state index is 0.553. The van der Waals surface area contributed by atoms with Crippen LogP contribution in [-0.2, 0) is 6.18 Å². The molecule has 1 aliphatic carbocycles. The Morgan fingerprint density at radius 2 is 2.00 bits per heavy atom. The van der Waals surface area contributed by atoms with Crippen LogP contribution in [0.2, 0.25) is 0 Å². The Morgan fingerprint density at radius 3 is 2.60 bits per heavy atom. The van der Waals surface area contributed by atoms with Gasteiger partial charge in [-0.2, -0.15) is 13.2 Å². The van der Waals surface area contributed by atoms with E-state index in [9.17, 15) is 13.2 Å². The van der Waals surface area contributed by atoms with Crippen LogP contribution in [0, 0.1) is 5.92 Å². The topological polar surface area (TPSA) is 12.0 Å². The third-order valence-electron chi connectivity index (χ3n) is 2.48. The minimum atomic E-state index is -4.25. The van der Waals surface area contributed by atoms with Crippen molar-refractivity contribution < 1.29 is 13.2 Å². The highest BCUT2D eigenvalue weighted by Gasteiger charge is 2.30. The maximum Gasteiger partial charge on any atom is 0.416 e. The van der Waals surface area contributed by atoms with Gasteiger partial charge in [-0.25, -0.2) is 0 Å². The SMILES string of the molecule is FC(F)(F)c1cccc(NCC2CC2)c1. The molecule has 0 amide bonds. The van der Waals surface area contributed by atoms with E-state index in [0.29, 0.717) is 11.6 Å². The number of rotatable bonds is 3. The number of anilines is 1. The van der Waals surface area contributed by atoms with E-state index < -0.39 is 11.7 Å². The second-order valence-corrected chi connectivity index (χ2v) is 3.90. The zero-order valence-corrected chi connectivity index (χ0v) is 8.14. The maximum absolute atomic E-state index is 12.4. The Kier molecular flexibility index (Phi) is 2.59. The lowest BCUT2D eigenvalue weighted by Crippen LogP contribution is -2.07. The molecule has 1 saturated carbocycles. The van der Waals surface area contributed by atoms with E-state index in [1.54, 1.807) is 6.07 Å². The molecular formula is C11H12F3N. The molecule has 4 heteroatoms. The summed E-state index contributed by atoms with van der Waals surface area (Å²) in [6.07, 6.45) is -1.88. The van der Waals surface area contributed by atoms with Crippen molar-refractivity contribution >= 4 is 5.69 Å². The van der Waals surface area contributed by atoms with Gasteiger partial charge in [-0.3, -0.25) is 0 Å². The molecule has 0 spiro atoms. The molecule has 1 N–H and O–H groups in total. The molecule has 0 saturated heterocycles. The normalized spacial score (nSPS) is 16.5. The number of hydrogen-bond acceptors (Lipinski definition) is 1. The van der Waals surface area contributed by atoms with Gasteiger partial charge in [0.15, 0.2) is 0 Å². The molecule has 0 bridgehead atoms. The summed E-state index contributed by atoms with van der Waals surface area (Å²) in [7, 11) is 0. The van der Waals surface area contributed by atoms with Crippen molar-refractivity contribution in [2.45, 2.75) is 19.0 Å². The lowest BCUT2D eigenvalue weighted by Gasteiger charge is -2.10. The fourth-order valence-corrected chi connectivity index (χ4v) is 1.39. The number of hydrogen-bond donors (Lipinski definition) is 1. The average molecular weight is 215 g/mol. The van der Waals surface area contributed by atoms with Crippen molar-refractivity contribution in [2.75, 3.05) is 11.9 Å². The number of nitrogens with one attached hydrogen (secondary N) is 1. The quantitative estimate of drug-likeness (QED) is 0.813. The lowest BCUT2D eigenvalue weighted by molar-refractivity contribution is -0.137. The Hall–Kier alpha value is -1.19. The first kappa shape index (κ1) is 10.3. The summed E-state index contributed by atoms with van der Waals surface area (Å²) in [5, 5.41) is 3.02. The first-order valence-electron chi connectivity index (χ1n) is 4.97. The van der Waals surface area contributed by atoms with E-state index in [1.807, 2.05) is 0 Å². The summed E-state index contributed by atoms with van der Waals surface area (Å²) >= 11 is 0.